The molecular weight excluding hydrogens is 503 g/mol. The predicted molar refractivity (Wildman–Crippen MR) is 146 cm³/mol. The lowest BCUT2D eigenvalue weighted by Gasteiger charge is -2.36. The number of carbonyl (C=O) groups excluding carboxylic acids is 2. The number of likely N-dealkylation sites (tertiary alicyclic amines) is 2. The second-order valence-electron chi connectivity index (χ2n) is 11.9. The number of benzene rings is 2. The zero-order chi connectivity index (χ0) is 28.3. The fourth-order valence-corrected chi connectivity index (χ4v) is 6.02. The first-order valence-electron chi connectivity index (χ1n) is 14.0. The summed E-state index contributed by atoms with van der Waals surface area (Å²) >= 11 is 0. The second-order valence-corrected chi connectivity index (χ2v) is 11.9. The fourth-order valence-electron chi connectivity index (χ4n) is 6.02. The molecule has 2 aromatic rings. The first-order valence-corrected chi connectivity index (χ1v) is 14.0. The first-order chi connectivity index (χ1) is 18.5. The van der Waals surface area contributed by atoms with Crippen LogP contribution in [0, 0.1) is 23.4 Å². The van der Waals surface area contributed by atoms with Crippen LogP contribution in [0.5, 0.6) is 0 Å². The van der Waals surface area contributed by atoms with Gasteiger partial charge in [-0.1, -0.05) is 19.1 Å². The van der Waals surface area contributed by atoms with Crippen molar-refractivity contribution in [3.05, 3.63) is 70.5 Å². The van der Waals surface area contributed by atoms with Crippen molar-refractivity contribution in [2.24, 2.45) is 5.92 Å². The maximum Gasteiger partial charge on any atom is 0.227 e. The lowest BCUT2D eigenvalue weighted by molar-refractivity contribution is -0.136. The van der Waals surface area contributed by atoms with Crippen LogP contribution in [0.15, 0.2) is 36.4 Å². The summed E-state index contributed by atoms with van der Waals surface area (Å²) in [5.74, 6) is -2.13. The van der Waals surface area contributed by atoms with E-state index < -0.39 is 17.6 Å². The van der Waals surface area contributed by atoms with Crippen molar-refractivity contribution in [1.82, 2.24) is 15.1 Å². The van der Waals surface area contributed by atoms with Crippen molar-refractivity contribution < 1.29 is 22.8 Å². The predicted octanol–water partition coefficient (Wildman–Crippen LogP) is 5.39. The largest absolute Gasteiger partial charge is 0.356 e. The lowest BCUT2D eigenvalue weighted by Crippen LogP contribution is -2.44. The van der Waals surface area contributed by atoms with E-state index in [0.717, 1.165) is 30.0 Å². The van der Waals surface area contributed by atoms with Crippen molar-refractivity contribution in [2.75, 3.05) is 32.7 Å². The average Bonchev–Trinajstić information content (AvgIpc) is 3.34. The number of carbonyl (C=O) groups is 2. The molecule has 2 aliphatic rings. The molecule has 4 rings (SSSR count). The molecule has 0 spiro atoms. The third-order valence-corrected chi connectivity index (χ3v) is 8.34. The summed E-state index contributed by atoms with van der Waals surface area (Å²) in [6.07, 6.45) is 2.45. The SMILES string of the molecule is CCC(=O)NCCc1cc(F)ccc1C1CCN(C(=O)[C@@H]2CN(C(C)(C)C)C[C@H]2c2ccc(F)cc2F)CC1. The van der Waals surface area contributed by atoms with Gasteiger partial charge in [0.15, 0.2) is 0 Å². The Morgan fingerprint density at radius 3 is 2.21 bits per heavy atom. The summed E-state index contributed by atoms with van der Waals surface area (Å²) in [5, 5.41) is 2.86. The number of piperidine rings is 1. The normalized spacial score (nSPS) is 20.8. The van der Waals surface area contributed by atoms with Crippen LogP contribution >= 0.6 is 0 Å². The van der Waals surface area contributed by atoms with Gasteiger partial charge in [0.1, 0.15) is 17.5 Å². The Hall–Kier alpha value is -2.87. The van der Waals surface area contributed by atoms with E-state index in [1.807, 2.05) is 11.0 Å². The number of rotatable bonds is 7. The van der Waals surface area contributed by atoms with E-state index in [9.17, 15) is 22.8 Å². The molecule has 2 fully saturated rings. The van der Waals surface area contributed by atoms with Crippen LogP contribution in [-0.4, -0.2) is 59.9 Å². The Kier molecular flexibility index (Phi) is 9.04. The van der Waals surface area contributed by atoms with Crippen molar-refractivity contribution >= 4 is 11.8 Å². The van der Waals surface area contributed by atoms with Crippen molar-refractivity contribution in [1.29, 1.82) is 0 Å². The Balaban J connectivity index is 1.46. The van der Waals surface area contributed by atoms with Crippen LogP contribution in [0.3, 0.4) is 0 Å². The van der Waals surface area contributed by atoms with Gasteiger partial charge in [-0.3, -0.25) is 14.5 Å². The first kappa shape index (κ1) is 29.1. The van der Waals surface area contributed by atoms with Crippen molar-refractivity contribution in [3.8, 4) is 0 Å². The van der Waals surface area contributed by atoms with E-state index in [4.69, 9.17) is 0 Å². The van der Waals surface area contributed by atoms with Crippen molar-refractivity contribution in [2.45, 2.75) is 70.8 Å². The molecule has 0 saturated carbocycles. The highest BCUT2D eigenvalue weighted by Crippen LogP contribution is 2.40. The minimum Gasteiger partial charge on any atom is -0.356 e. The van der Waals surface area contributed by atoms with Crippen molar-refractivity contribution in [3.63, 3.8) is 0 Å². The van der Waals surface area contributed by atoms with Crippen LogP contribution in [0.25, 0.3) is 0 Å². The van der Waals surface area contributed by atoms with Gasteiger partial charge in [0.25, 0.3) is 0 Å². The van der Waals surface area contributed by atoms with Gasteiger partial charge < -0.3 is 10.2 Å². The number of halogens is 3. The highest BCUT2D eigenvalue weighted by molar-refractivity contribution is 5.81. The molecule has 1 N–H and O–H groups in total. The molecule has 5 nitrogen and oxygen atoms in total. The lowest BCUT2D eigenvalue weighted by atomic mass is 9.84. The van der Waals surface area contributed by atoms with E-state index in [0.29, 0.717) is 51.1 Å². The third-order valence-electron chi connectivity index (χ3n) is 8.34. The molecule has 2 aliphatic heterocycles. The summed E-state index contributed by atoms with van der Waals surface area (Å²) in [4.78, 5) is 29.5. The van der Waals surface area contributed by atoms with Crippen LogP contribution in [-0.2, 0) is 16.0 Å². The summed E-state index contributed by atoms with van der Waals surface area (Å²) in [7, 11) is 0. The Bertz CT molecular complexity index is 1190. The number of nitrogens with zero attached hydrogens (tertiary/aromatic N) is 2. The van der Waals surface area contributed by atoms with Gasteiger partial charge in [0.2, 0.25) is 11.8 Å². The van der Waals surface area contributed by atoms with Crippen LogP contribution in [0.1, 0.15) is 75.5 Å². The minimum atomic E-state index is -0.625. The molecule has 212 valence electrons. The molecule has 0 aliphatic carbocycles. The minimum absolute atomic E-state index is 0.00975. The smallest absolute Gasteiger partial charge is 0.227 e. The van der Waals surface area contributed by atoms with E-state index in [-0.39, 0.29) is 35.0 Å². The number of nitrogens with one attached hydrogen (secondary N) is 1. The molecule has 2 aromatic carbocycles. The molecule has 0 aromatic heterocycles. The van der Waals surface area contributed by atoms with E-state index in [2.05, 4.69) is 31.0 Å². The summed E-state index contributed by atoms with van der Waals surface area (Å²) in [6, 6.07) is 8.50. The number of hydrogen-bond donors (Lipinski definition) is 1. The van der Waals surface area contributed by atoms with E-state index in [1.165, 1.54) is 18.2 Å². The van der Waals surface area contributed by atoms with Gasteiger partial charge >= 0.3 is 0 Å². The molecule has 0 bridgehead atoms. The Morgan fingerprint density at radius 1 is 0.949 bits per heavy atom. The van der Waals surface area contributed by atoms with Crippen LogP contribution in [0.4, 0.5) is 13.2 Å². The summed E-state index contributed by atoms with van der Waals surface area (Å²) in [6.45, 7) is 10.7. The molecule has 0 radical (unpaired) electrons. The van der Waals surface area contributed by atoms with Gasteiger partial charge in [0.05, 0.1) is 5.92 Å². The van der Waals surface area contributed by atoms with Crippen LogP contribution in [0.2, 0.25) is 0 Å². The van der Waals surface area contributed by atoms with Crippen LogP contribution < -0.4 is 5.32 Å². The zero-order valence-electron chi connectivity index (χ0n) is 23.4. The quantitative estimate of drug-likeness (QED) is 0.509. The molecule has 2 heterocycles. The maximum absolute atomic E-state index is 14.8. The highest BCUT2D eigenvalue weighted by Gasteiger charge is 2.44. The van der Waals surface area contributed by atoms with E-state index in [1.54, 1.807) is 13.0 Å². The molecule has 2 atom stereocenters. The highest BCUT2D eigenvalue weighted by atomic mass is 19.1. The second kappa shape index (κ2) is 12.1. The zero-order valence-corrected chi connectivity index (χ0v) is 23.4. The molecule has 39 heavy (non-hydrogen) atoms. The molecule has 0 unspecified atom stereocenters. The Labute approximate surface area is 229 Å². The third kappa shape index (κ3) is 6.83. The summed E-state index contributed by atoms with van der Waals surface area (Å²) < 4.78 is 42.5. The summed E-state index contributed by atoms with van der Waals surface area (Å²) in [5.41, 5.74) is 2.16. The molecular formula is C31H40F3N3O2. The number of hydrogen-bond acceptors (Lipinski definition) is 3. The Morgan fingerprint density at radius 2 is 1.59 bits per heavy atom. The van der Waals surface area contributed by atoms with Gasteiger partial charge in [-0.25, -0.2) is 13.2 Å². The molecule has 2 amide bonds. The topological polar surface area (TPSA) is 52.7 Å². The molecule has 2 saturated heterocycles. The van der Waals surface area contributed by atoms with Gasteiger partial charge in [-0.05, 0) is 80.8 Å². The monoisotopic (exact) mass is 543 g/mol. The fraction of sp³-hybridized carbons (Fsp3) is 0.548. The van der Waals surface area contributed by atoms with E-state index >= 15 is 0 Å². The van der Waals surface area contributed by atoms with Gasteiger partial charge in [-0.15, -0.1) is 0 Å². The van der Waals surface area contributed by atoms with Gasteiger partial charge in [0, 0.05) is 56.7 Å². The molecule has 8 heteroatoms. The average molecular weight is 544 g/mol. The van der Waals surface area contributed by atoms with Gasteiger partial charge in [-0.2, -0.15) is 0 Å². The standard InChI is InChI=1S/C31H40F3N3O2/c1-5-29(38)35-13-10-21-16-22(32)6-8-24(21)20-11-14-36(15-12-20)30(39)27-19-37(31(2,3)4)18-26(27)25-9-7-23(33)17-28(25)34/h6-9,16-17,20,26-27H,5,10-15,18-19H2,1-4H3,(H,35,38)/t26-,27+/m0/s1. The number of amides is 2. The maximum atomic E-state index is 14.8.